The molecule has 0 bridgehead atoms. The van der Waals surface area contributed by atoms with E-state index in [1.165, 1.54) is 24.2 Å². The van der Waals surface area contributed by atoms with Crippen molar-refractivity contribution < 1.29 is 9.21 Å². The monoisotopic (exact) mass is 320 g/mol. The van der Waals surface area contributed by atoms with E-state index in [0.29, 0.717) is 31.2 Å². The van der Waals surface area contributed by atoms with E-state index in [1.807, 2.05) is 5.38 Å². The summed E-state index contributed by atoms with van der Waals surface area (Å²) in [5.41, 5.74) is 2.69. The van der Waals surface area contributed by atoms with Gasteiger partial charge in [-0.1, -0.05) is 12.8 Å². The Morgan fingerprint density at radius 3 is 2.95 bits per heavy atom. The van der Waals surface area contributed by atoms with Crippen LogP contribution in [0, 0.1) is 0 Å². The largest absolute Gasteiger partial charge is 0.425 e. The maximum absolute atomic E-state index is 12.1. The topological polar surface area (TPSA) is 72.1 Å². The van der Waals surface area contributed by atoms with Crippen LogP contribution in [0.2, 0.25) is 0 Å². The molecular formula is C15H20N4O2S. The molecule has 2 heterocycles. The summed E-state index contributed by atoms with van der Waals surface area (Å²) in [6.07, 6.45) is 5.63. The number of aryl methyl sites for hydroxylation is 1. The second-order valence-corrected chi connectivity index (χ2v) is 6.46. The molecule has 0 atom stereocenters. The van der Waals surface area contributed by atoms with Gasteiger partial charge in [0.2, 0.25) is 17.7 Å². The highest BCUT2D eigenvalue weighted by Gasteiger charge is 2.23. The second kappa shape index (κ2) is 7.00. The summed E-state index contributed by atoms with van der Waals surface area (Å²) in [5.74, 6) is 1.80. The van der Waals surface area contributed by atoms with Crippen molar-refractivity contribution in [2.45, 2.75) is 51.0 Å². The first kappa shape index (κ1) is 15.1. The Balaban J connectivity index is 1.48. The zero-order valence-electron chi connectivity index (χ0n) is 12.7. The maximum atomic E-state index is 12.1. The van der Waals surface area contributed by atoms with Gasteiger partial charge in [-0.3, -0.25) is 4.79 Å². The third-order valence-corrected chi connectivity index (χ3v) is 4.68. The van der Waals surface area contributed by atoms with Crippen LogP contribution in [0.25, 0.3) is 0 Å². The molecule has 0 aliphatic heterocycles. The Morgan fingerprint density at radius 2 is 2.23 bits per heavy atom. The molecule has 3 rings (SSSR count). The van der Waals surface area contributed by atoms with Crippen molar-refractivity contribution in [1.82, 2.24) is 20.1 Å². The maximum Gasteiger partial charge on any atom is 0.223 e. The highest BCUT2D eigenvalue weighted by atomic mass is 32.1. The van der Waals surface area contributed by atoms with Crippen LogP contribution >= 0.6 is 11.3 Å². The summed E-state index contributed by atoms with van der Waals surface area (Å²) in [7, 11) is 1.79. The molecule has 0 N–H and O–H groups in total. The van der Waals surface area contributed by atoms with Gasteiger partial charge < -0.3 is 9.32 Å². The van der Waals surface area contributed by atoms with E-state index in [-0.39, 0.29) is 5.91 Å². The van der Waals surface area contributed by atoms with Gasteiger partial charge in [0, 0.05) is 31.2 Å². The highest BCUT2D eigenvalue weighted by molar-refractivity contribution is 7.07. The number of thiazole rings is 1. The zero-order chi connectivity index (χ0) is 15.4. The summed E-state index contributed by atoms with van der Waals surface area (Å²) < 4.78 is 5.70. The van der Waals surface area contributed by atoms with Gasteiger partial charge in [-0.15, -0.1) is 21.5 Å². The molecule has 1 fully saturated rings. The molecule has 2 aromatic rings. The normalized spacial score (nSPS) is 15.3. The fraction of sp³-hybridized carbons (Fsp3) is 0.600. The number of nitrogens with zero attached hydrogens (tertiary/aromatic N) is 4. The van der Waals surface area contributed by atoms with E-state index in [4.69, 9.17) is 4.42 Å². The zero-order valence-corrected chi connectivity index (χ0v) is 13.5. The van der Waals surface area contributed by atoms with E-state index in [0.717, 1.165) is 24.4 Å². The van der Waals surface area contributed by atoms with Gasteiger partial charge in [0.25, 0.3) is 0 Å². The minimum Gasteiger partial charge on any atom is -0.425 e. The second-order valence-electron chi connectivity index (χ2n) is 5.74. The molecule has 0 aromatic carbocycles. The van der Waals surface area contributed by atoms with Crippen LogP contribution in [0.4, 0.5) is 0 Å². The van der Waals surface area contributed by atoms with Gasteiger partial charge in [-0.25, -0.2) is 4.98 Å². The molecule has 1 saturated carbocycles. The van der Waals surface area contributed by atoms with Gasteiger partial charge in [0.05, 0.1) is 17.7 Å². The molecule has 0 radical (unpaired) electrons. The van der Waals surface area contributed by atoms with Crippen molar-refractivity contribution >= 4 is 17.2 Å². The van der Waals surface area contributed by atoms with Crippen LogP contribution in [0.1, 0.15) is 55.5 Å². The summed E-state index contributed by atoms with van der Waals surface area (Å²) in [4.78, 5) is 18.0. The summed E-state index contributed by atoms with van der Waals surface area (Å²) in [6.45, 7) is 0.541. The molecule has 6 nitrogen and oxygen atoms in total. The molecule has 22 heavy (non-hydrogen) atoms. The lowest BCUT2D eigenvalue weighted by molar-refractivity contribution is -0.130. The predicted octanol–water partition coefficient (Wildman–Crippen LogP) is 2.77. The molecule has 2 aromatic heterocycles. The van der Waals surface area contributed by atoms with E-state index in [9.17, 15) is 4.79 Å². The Bertz CT molecular complexity index is 605. The number of carbonyl (C=O) groups excluding carboxylic acids is 1. The van der Waals surface area contributed by atoms with Gasteiger partial charge in [0.15, 0.2) is 0 Å². The van der Waals surface area contributed by atoms with E-state index in [2.05, 4.69) is 15.2 Å². The number of hydrogen-bond acceptors (Lipinski definition) is 6. The Labute approximate surface area is 133 Å². The van der Waals surface area contributed by atoms with E-state index >= 15 is 0 Å². The number of hydrogen-bond donors (Lipinski definition) is 0. The molecule has 0 saturated heterocycles. The number of aromatic nitrogens is 3. The first-order valence-corrected chi connectivity index (χ1v) is 8.60. The minimum atomic E-state index is 0.0635. The Morgan fingerprint density at radius 1 is 1.41 bits per heavy atom. The summed E-state index contributed by atoms with van der Waals surface area (Å²) >= 11 is 1.54. The first-order valence-electron chi connectivity index (χ1n) is 7.65. The van der Waals surface area contributed by atoms with Crippen LogP contribution in [0.15, 0.2) is 15.3 Å². The molecule has 0 spiro atoms. The van der Waals surface area contributed by atoms with Gasteiger partial charge in [-0.2, -0.15) is 0 Å². The lowest BCUT2D eigenvalue weighted by Crippen LogP contribution is -2.26. The van der Waals surface area contributed by atoms with Crippen molar-refractivity contribution in [3.63, 3.8) is 0 Å². The smallest absolute Gasteiger partial charge is 0.223 e. The van der Waals surface area contributed by atoms with Crippen molar-refractivity contribution in [3.8, 4) is 0 Å². The number of rotatable bonds is 6. The molecular weight excluding hydrogens is 300 g/mol. The Hall–Kier alpha value is -1.76. The minimum absolute atomic E-state index is 0.0635. The average Bonchev–Trinajstić information content (AvgIpc) is 3.25. The lowest BCUT2D eigenvalue weighted by Gasteiger charge is -2.15. The Kier molecular flexibility index (Phi) is 4.82. The van der Waals surface area contributed by atoms with Crippen LogP contribution in [0.5, 0.6) is 0 Å². The quantitative estimate of drug-likeness (QED) is 0.818. The fourth-order valence-electron chi connectivity index (χ4n) is 2.76. The number of carbonyl (C=O) groups is 1. The SMILES string of the molecule is CN(Cc1cscn1)C(=O)CCc1nnc(C2CCCC2)o1. The van der Waals surface area contributed by atoms with Crippen molar-refractivity contribution in [2.24, 2.45) is 0 Å². The molecule has 1 aliphatic rings. The molecule has 0 unspecified atom stereocenters. The third kappa shape index (κ3) is 3.71. The molecule has 118 valence electrons. The third-order valence-electron chi connectivity index (χ3n) is 4.05. The fourth-order valence-corrected chi connectivity index (χ4v) is 3.31. The lowest BCUT2D eigenvalue weighted by atomic mass is 10.1. The summed E-state index contributed by atoms with van der Waals surface area (Å²) in [5, 5.41) is 10.2. The highest BCUT2D eigenvalue weighted by Crippen LogP contribution is 2.33. The van der Waals surface area contributed by atoms with Crippen LogP contribution in [0.3, 0.4) is 0 Å². The molecule has 1 amide bonds. The van der Waals surface area contributed by atoms with Crippen LogP contribution in [-0.2, 0) is 17.8 Å². The standard InChI is InChI=1S/C15H20N4O2S/c1-19(8-12-9-22-10-16-12)14(20)7-6-13-17-18-15(21-13)11-4-2-3-5-11/h9-11H,2-8H2,1H3. The van der Waals surface area contributed by atoms with Gasteiger partial charge in [0.1, 0.15) is 0 Å². The average molecular weight is 320 g/mol. The van der Waals surface area contributed by atoms with E-state index in [1.54, 1.807) is 17.5 Å². The van der Waals surface area contributed by atoms with Crippen molar-refractivity contribution in [3.05, 3.63) is 28.4 Å². The number of amides is 1. The van der Waals surface area contributed by atoms with Crippen molar-refractivity contribution in [1.29, 1.82) is 0 Å². The van der Waals surface area contributed by atoms with Gasteiger partial charge in [-0.05, 0) is 12.8 Å². The van der Waals surface area contributed by atoms with E-state index < -0.39 is 0 Å². The van der Waals surface area contributed by atoms with Crippen molar-refractivity contribution in [2.75, 3.05) is 7.05 Å². The summed E-state index contributed by atoms with van der Waals surface area (Å²) in [6, 6.07) is 0. The first-order chi connectivity index (χ1) is 10.7. The van der Waals surface area contributed by atoms with Gasteiger partial charge >= 0.3 is 0 Å². The molecule has 1 aliphatic carbocycles. The van der Waals surface area contributed by atoms with Crippen LogP contribution in [-0.4, -0.2) is 33.0 Å². The predicted molar refractivity (Wildman–Crippen MR) is 82.4 cm³/mol. The molecule has 7 heteroatoms. The van der Waals surface area contributed by atoms with Crippen LogP contribution < -0.4 is 0 Å².